The first-order valence-electron chi connectivity index (χ1n) is 6.99. The van der Waals surface area contributed by atoms with E-state index in [2.05, 4.69) is 10.3 Å². The third-order valence-corrected chi connectivity index (χ3v) is 4.07. The van der Waals surface area contributed by atoms with Crippen LogP contribution in [0, 0.1) is 6.92 Å². The Labute approximate surface area is 123 Å². The minimum absolute atomic E-state index is 0.0654. The minimum atomic E-state index is -0.225. The summed E-state index contributed by atoms with van der Waals surface area (Å²) in [6.45, 7) is 4.69. The van der Waals surface area contributed by atoms with Crippen LogP contribution in [-0.2, 0) is 4.79 Å². The number of alkyl halides is 1. The van der Waals surface area contributed by atoms with Gasteiger partial charge in [-0.15, -0.1) is 11.6 Å². The Kier molecular flexibility index (Phi) is 3.42. The van der Waals surface area contributed by atoms with Crippen LogP contribution in [0.2, 0.25) is 0 Å². The first-order valence-corrected chi connectivity index (χ1v) is 7.42. The molecule has 1 N–H and O–H groups in total. The highest BCUT2D eigenvalue weighted by atomic mass is 35.5. The summed E-state index contributed by atoms with van der Waals surface area (Å²) < 4.78 is 2.02. The van der Waals surface area contributed by atoms with E-state index in [4.69, 9.17) is 11.6 Å². The molecule has 4 nitrogen and oxygen atoms in total. The molecule has 2 heterocycles. The Bertz CT molecular complexity index is 662. The average Bonchev–Trinajstić information content (AvgIpc) is 2.80. The maximum atomic E-state index is 12.2. The topological polar surface area (TPSA) is 46.9 Å². The van der Waals surface area contributed by atoms with Crippen molar-refractivity contribution in [1.29, 1.82) is 0 Å². The fraction of sp³-hybridized carbons (Fsp3) is 0.467. The van der Waals surface area contributed by atoms with Gasteiger partial charge >= 0.3 is 0 Å². The Morgan fingerprint density at radius 1 is 1.50 bits per heavy atom. The molecular formula is C15H18ClN3O. The quantitative estimate of drug-likeness (QED) is 0.864. The summed E-state index contributed by atoms with van der Waals surface area (Å²) in [4.78, 5) is 16.9. The number of carbonyl (C=O) groups is 1. The van der Waals surface area contributed by atoms with E-state index in [0.717, 1.165) is 41.8 Å². The maximum Gasteiger partial charge on any atom is 0.243 e. The Balaban J connectivity index is 2.23. The number of carbonyl (C=O) groups excluding carboxylic acids is 1. The van der Waals surface area contributed by atoms with Crippen molar-refractivity contribution in [2.24, 2.45) is 0 Å². The smallest absolute Gasteiger partial charge is 0.243 e. The Morgan fingerprint density at radius 3 is 3.00 bits per heavy atom. The van der Waals surface area contributed by atoms with Crippen LogP contribution < -0.4 is 5.32 Å². The molecule has 1 aliphatic rings. The van der Waals surface area contributed by atoms with E-state index in [1.807, 2.05) is 36.6 Å². The second-order valence-corrected chi connectivity index (χ2v) is 6.00. The van der Waals surface area contributed by atoms with Gasteiger partial charge in [0.25, 0.3) is 0 Å². The van der Waals surface area contributed by atoms with E-state index >= 15 is 0 Å². The van der Waals surface area contributed by atoms with Crippen molar-refractivity contribution in [2.75, 3.05) is 6.54 Å². The molecule has 0 saturated carbocycles. The molecule has 2 unspecified atom stereocenters. The number of hydrogen-bond donors (Lipinski definition) is 1. The van der Waals surface area contributed by atoms with Crippen molar-refractivity contribution >= 4 is 28.5 Å². The van der Waals surface area contributed by atoms with E-state index in [-0.39, 0.29) is 17.3 Å². The van der Waals surface area contributed by atoms with Gasteiger partial charge in [-0.05, 0) is 38.3 Å². The third-order valence-electron chi connectivity index (χ3n) is 3.87. The minimum Gasteiger partial charge on any atom is -0.354 e. The van der Waals surface area contributed by atoms with Gasteiger partial charge in [-0.3, -0.25) is 4.79 Å². The molecule has 1 aliphatic heterocycles. The molecule has 2 aromatic rings. The lowest BCUT2D eigenvalue weighted by Gasteiger charge is -2.25. The molecule has 2 atom stereocenters. The number of para-hydroxylation sites is 1. The summed E-state index contributed by atoms with van der Waals surface area (Å²) in [5, 5.41) is 2.71. The highest BCUT2D eigenvalue weighted by molar-refractivity contribution is 6.20. The molecule has 1 aromatic heterocycles. The van der Waals surface area contributed by atoms with Crippen molar-refractivity contribution in [1.82, 2.24) is 14.9 Å². The maximum absolute atomic E-state index is 12.2. The fourth-order valence-electron chi connectivity index (χ4n) is 2.89. The third kappa shape index (κ3) is 2.08. The van der Waals surface area contributed by atoms with E-state index in [9.17, 15) is 4.79 Å². The molecule has 5 heteroatoms. The molecule has 0 radical (unpaired) electrons. The zero-order valence-corrected chi connectivity index (χ0v) is 12.4. The number of halogens is 1. The van der Waals surface area contributed by atoms with Gasteiger partial charge in [0.05, 0.1) is 16.4 Å². The second-order valence-electron chi connectivity index (χ2n) is 5.35. The van der Waals surface area contributed by atoms with Crippen molar-refractivity contribution < 1.29 is 4.79 Å². The number of amides is 1. The van der Waals surface area contributed by atoms with Gasteiger partial charge in [-0.1, -0.05) is 12.1 Å². The molecule has 1 fully saturated rings. The molecular weight excluding hydrogens is 274 g/mol. The monoisotopic (exact) mass is 291 g/mol. The molecule has 1 aromatic carbocycles. The number of benzene rings is 1. The number of aryl methyl sites for hydroxylation is 1. The van der Waals surface area contributed by atoms with Crippen LogP contribution in [0.15, 0.2) is 18.2 Å². The van der Waals surface area contributed by atoms with Crippen molar-refractivity contribution in [2.45, 2.75) is 38.1 Å². The van der Waals surface area contributed by atoms with E-state index in [1.54, 1.807) is 0 Å². The van der Waals surface area contributed by atoms with Gasteiger partial charge in [0.1, 0.15) is 11.9 Å². The van der Waals surface area contributed by atoms with Gasteiger partial charge in [0.2, 0.25) is 5.91 Å². The summed E-state index contributed by atoms with van der Waals surface area (Å²) in [6, 6.07) is 5.84. The number of hydrogen-bond acceptors (Lipinski definition) is 2. The number of rotatable bonds is 2. The number of aromatic nitrogens is 2. The lowest BCUT2D eigenvalue weighted by atomic mass is 10.1. The number of fused-ring (bicyclic) bond motifs is 1. The zero-order chi connectivity index (χ0) is 14.3. The number of imidazole rings is 1. The van der Waals surface area contributed by atoms with Crippen LogP contribution in [0.3, 0.4) is 0 Å². The number of nitrogens with one attached hydrogen (secondary N) is 1. The zero-order valence-electron chi connectivity index (χ0n) is 11.7. The summed E-state index contributed by atoms with van der Waals surface area (Å²) >= 11 is 6.28. The highest BCUT2D eigenvalue weighted by Crippen LogP contribution is 2.32. The van der Waals surface area contributed by atoms with Crippen LogP contribution in [0.1, 0.15) is 42.6 Å². The molecule has 0 bridgehead atoms. The van der Waals surface area contributed by atoms with Crippen molar-refractivity contribution in [3.8, 4) is 0 Å². The molecule has 1 saturated heterocycles. The van der Waals surface area contributed by atoms with E-state index < -0.39 is 0 Å². The molecule has 106 valence electrons. The van der Waals surface area contributed by atoms with Crippen LogP contribution in [-0.4, -0.2) is 22.0 Å². The van der Waals surface area contributed by atoms with Crippen molar-refractivity contribution in [3.63, 3.8) is 0 Å². The molecule has 0 aliphatic carbocycles. The van der Waals surface area contributed by atoms with Crippen molar-refractivity contribution in [3.05, 3.63) is 29.6 Å². The Morgan fingerprint density at radius 2 is 2.30 bits per heavy atom. The lowest BCUT2D eigenvalue weighted by molar-refractivity contribution is -0.125. The molecule has 20 heavy (non-hydrogen) atoms. The van der Waals surface area contributed by atoms with Gasteiger partial charge in [-0.25, -0.2) is 4.98 Å². The normalized spacial score (nSPS) is 20.9. The van der Waals surface area contributed by atoms with Crippen LogP contribution in [0.5, 0.6) is 0 Å². The van der Waals surface area contributed by atoms with Gasteiger partial charge < -0.3 is 9.88 Å². The van der Waals surface area contributed by atoms with Gasteiger partial charge in [0.15, 0.2) is 0 Å². The second kappa shape index (κ2) is 5.09. The molecule has 1 amide bonds. The van der Waals surface area contributed by atoms with E-state index in [1.165, 1.54) is 0 Å². The van der Waals surface area contributed by atoms with Gasteiger partial charge in [-0.2, -0.15) is 0 Å². The predicted octanol–water partition coefficient (Wildman–Crippen LogP) is 3.10. The van der Waals surface area contributed by atoms with Crippen LogP contribution in [0.4, 0.5) is 0 Å². The number of piperidine rings is 1. The summed E-state index contributed by atoms with van der Waals surface area (Å²) in [6.07, 6.45) is 1.82. The Hall–Kier alpha value is -1.55. The standard InChI is InChI=1S/C15H18ClN3O/c1-9-5-3-6-11-13(9)18-14(10(2)16)19(11)12-7-4-8-17-15(12)20/h3,5-6,10,12H,4,7-8H2,1-2H3,(H,17,20). The summed E-state index contributed by atoms with van der Waals surface area (Å²) in [5.41, 5.74) is 3.04. The van der Waals surface area contributed by atoms with E-state index in [0.29, 0.717) is 0 Å². The van der Waals surface area contributed by atoms with Gasteiger partial charge in [0, 0.05) is 6.54 Å². The fourth-order valence-corrected chi connectivity index (χ4v) is 3.04. The molecule has 3 rings (SSSR count). The average molecular weight is 292 g/mol. The largest absolute Gasteiger partial charge is 0.354 e. The first kappa shape index (κ1) is 13.4. The van der Waals surface area contributed by atoms with Crippen LogP contribution in [0.25, 0.3) is 11.0 Å². The number of nitrogens with zero attached hydrogens (tertiary/aromatic N) is 2. The SMILES string of the molecule is Cc1cccc2c1nc(C(C)Cl)n2C1CCCNC1=O. The van der Waals surface area contributed by atoms with Crippen LogP contribution >= 0.6 is 11.6 Å². The summed E-state index contributed by atoms with van der Waals surface area (Å²) in [7, 11) is 0. The predicted molar refractivity (Wildman–Crippen MR) is 80.0 cm³/mol. The summed E-state index contributed by atoms with van der Waals surface area (Å²) in [5.74, 6) is 0.841. The molecule has 0 spiro atoms. The lowest BCUT2D eigenvalue weighted by Crippen LogP contribution is -2.38. The highest BCUT2D eigenvalue weighted by Gasteiger charge is 2.29. The first-order chi connectivity index (χ1) is 9.59.